The quantitative estimate of drug-likeness (QED) is 0.395. The molecule has 0 aromatic carbocycles. The van der Waals surface area contributed by atoms with Crippen LogP contribution in [0.2, 0.25) is 19.1 Å². The molecule has 3 nitrogen and oxygen atoms in total. The molecule has 0 rings (SSSR count). The van der Waals surface area contributed by atoms with Crippen LogP contribution in [0.15, 0.2) is 0 Å². The number of hydrogen-bond donors (Lipinski definition) is 1. The standard InChI is InChI=1S/C11H26O3SSi/c1-4-5-6-7-8-9-10-16(2,3)11-15(12,13)14/h4-11H2,1-3H3,(H,12,13,14). The summed E-state index contributed by atoms with van der Waals surface area (Å²) < 4.78 is 30.5. The fourth-order valence-electron chi connectivity index (χ4n) is 1.95. The first-order valence-corrected chi connectivity index (χ1v) is 11.2. The molecule has 0 aliphatic rings. The van der Waals surface area contributed by atoms with Crippen LogP contribution in [-0.2, 0) is 10.1 Å². The van der Waals surface area contributed by atoms with Crippen molar-refractivity contribution in [3.63, 3.8) is 0 Å². The van der Waals surface area contributed by atoms with E-state index in [-0.39, 0.29) is 5.38 Å². The van der Waals surface area contributed by atoms with Gasteiger partial charge in [0.15, 0.2) is 0 Å². The van der Waals surface area contributed by atoms with E-state index in [1.165, 1.54) is 32.1 Å². The molecule has 0 radical (unpaired) electrons. The summed E-state index contributed by atoms with van der Waals surface area (Å²) in [5, 5.41) is 0.00889. The lowest BCUT2D eigenvalue weighted by molar-refractivity contribution is 0.488. The molecule has 0 atom stereocenters. The summed E-state index contributed by atoms with van der Waals surface area (Å²) in [7, 11) is -5.52. The van der Waals surface area contributed by atoms with E-state index in [4.69, 9.17) is 4.55 Å². The Morgan fingerprint density at radius 2 is 1.50 bits per heavy atom. The van der Waals surface area contributed by atoms with Gasteiger partial charge in [0.2, 0.25) is 0 Å². The molecule has 0 fully saturated rings. The Bertz CT molecular complexity index is 273. The molecule has 0 saturated carbocycles. The maximum atomic E-state index is 10.8. The number of hydrogen-bond acceptors (Lipinski definition) is 2. The molecular formula is C11H26O3SSi. The third-order valence-corrected chi connectivity index (χ3v) is 9.07. The van der Waals surface area contributed by atoms with E-state index in [1.54, 1.807) is 0 Å². The summed E-state index contributed by atoms with van der Waals surface area (Å²) in [4.78, 5) is 0. The zero-order chi connectivity index (χ0) is 12.7. The van der Waals surface area contributed by atoms with Crippen molar-refractivity contribution in [2.45, 2.75) is 64.6 Å². The van der Waals surface area contributed by atoms with Gasteiger partial charge in [-0.15, -0.1) is 0 Å². The van der Waals surface area contributed by atoms with E-state index < -0.39 is 18.2 Å². The van der Waals surface area contributed by atoms with E-state index in [2.05, 4.69) is 6.92 Å². The van der Waals surface area contributed by atoms with Crippen LogP contribution in [-0.4, -0.2) is 26.4 Å². The first-order chi connectivity index (χ1) is 7.27. The van der Waals surface area contributed by atoms with Crippen molar-refractivity contribution in [2.24, 2.45) is 0 Å². The summed E-state index contributed by atoms with van der Waals surface area (Å²) in [6, 6.07) is 0.999. The summed E-state index contributed by atoms with van der Waals surface area (Å²) in [6.45, 7) is 6.27. The van der Waals surface area contributed by atoms with Crippen molar-refractivity contribution in [3.05, 3.63) is 0 Å². The van der Waals surface area contributed by atoms with Crippen molar-refractivity contribution in [3.8, 4) is 0 Å². The van der Waals surface area contributed by atoms with Gasteiger partial charge in [-0.1, -0.05) is 64.6 Å². The fourth-order valence-corrected chi connectivity index (χ4v) is 7.68. The predicted molar refractivity (Wildman–Crippen MR) is 72.1 cm³/mol. The minimum Gasteiger partial charge on any atom is -0.286 e. The highest BCUT2D eigenvalue weighted by atomic mass is 32.2. The second-order valence-electron chi connectivity index (χ2n) is 5.41. The van der Waals surface area contributed by atoms with Gasteiger partial charge in [-0.25, -0.2) is 0 Å². The average Bonchev–Trinajstić information content (AvgIpc) is 2.06. The second-order valence-corrected chi connectivity index (χ2v) is 12.6. The Morgan fingerprint density at radius 1 is 1.00 bits per heavy atom. The monoisotopic (exact) mass is 266 g/mol. The van der Waals surface area contributed by atoms with Gasteiger partial charge in [0.25, 0.3) is 10.1 Å². The van der Waals surface area contributed by atoms with E-state index in [0.717, 1.165) is 12.5 Å². The number of rotatable bonds is 9. The Labute approximate surface area is 101 Å². The van der Waals surface area contributed by atoms with Gasteiger partial charge in [-0.3, -0.25) is 4.55 Å². The first kappa shape index (κ1) is 16.1. The van der Waals surface area contributed by atoms with E-state index >= 15 is 0 Å². The maximum absolute atomic E-state index is 10.8. The van der Waals surface area contributed by atoms with Crippen LogP contribution in [0.3, 0.4) is 0 Å². The first-order valence-electron chi connectivity index (χ1n) is 6.22. The molecule has 0 heterocycles. The van der Waals surface area contributed by atoms with Gasteiger partial charge in [0.05, 0.1) is 13.5 Å². The van der Waals surface area contributed by atoms with Gasteiger partial charge in [0, 0.05) is 0 Å². The minimum atomic E-state index is -3.77. The zero-order valence-electron chi connectivity index (χ0n) is 10.8. The van der Waals surface area contributed by atoms with E-state index in [9.17, 15) is 8.42 Å². The van der Waals surface area contributed by atoms with Crippen LogP contribution >= 0.6 is 0 Å². The van der Waals surface area contributed by atoms with Gasteiger partial charge in [-0.2, -0.15) is 8.42 Å². The van der Waals surface area contributed by atoms with Crippen molar-refractivity contribution in [1.82, 2.24) is 0 Å². The molecule has 0 aromatic heterocycles. The molecule has 0 bridgehead atoms. The highest BCUT2D eigenvalue weighted by Gasteiger charge is 2.26. The van der Waals surface area contributed by atoms with Crippen molar-refractivity contribution in [2.75, 3.05) is 5.38 Å². The molecule has 16 heavy (non-hydrogen) atoms. The normalized spacial score (nSPS) is 13.0. The maximum Gasteiger partial charge on any atom is 0.262 e. The molecule has 1 N–H and O–H groups in total. The smallest absolute Gasteiger partial charge is 0.262 e. The van der Waals surface area contributed by atoms with Crippen LogP contribution in [0.1, 0.15) is 45.4 Å². The molecule has 0 unspecified atom stereocenters. The lowest BCUT2D eigenvalue weighted by Gasteiger charge is -2.20. The Hall–Kier alpha value is 0.127. The molecule has 0 aliphatic carbocycles. The topological polar surface area (TPSA) is 54.4 Å². The fraction of sp³-hybridized carbons (Fsp3) is 1.00. The highest BCUT2D eigenvalue weighted by molar-refractivity contribution is 7.87. The molecule has 98 valence electrons. The van der Waals surface area contributed by atoms with Crippen molar-refractivity contribution in [1.29, 1.82) is 0 Å². The third-order valence-electron chi connectivity index (χ3n) is 2.78. The molecule has 5 heteroatoms. The van der Waals surface area contributed by atoms with Crippen LogP contribution in [0.5, 0.6) is 0 Å². The predicted octanol–water partition coefficient (Wildman–Crippen LogP) is 3.48. The lowest BCUT2D eigenvalue weighted by atomic mass is 10.1. The minimum absolute atomic E-state index is 0.00889. The van der Waals surface area contributed by atoms with Crippen LogP contribution in [0, 0.1) is 0 Å². The summed E-state index contributed by atoms with van der Waals surface area (Å²) in [5.41, 5.74) is 0. The summed E-state index contributed by atoms with van der Waals surface area (Å²) in [6.07, 6.45) is 7.40. The molecule has 0 spiro atoms. The van der Waals surface area contributed by atoms with E-state index in [0.29, 0.717) is 0 Å². The molecule has 0 aliphatic heterocycles. The van der Waals surface area contributed by atoms with Crippen LogP contribution < -0.4 is 0 Å². The highest BCUT2D eigenvalue weighted by Crippen LogP contribution is 2.17. The van der Waals surface area contributed by atoms with Crippen LogP contribution in [0.4, 0.5) is 0 Å². The lowest BCUT2D eigenvalue weighted by Crippen LogP contribution is -2.35. The van der Waals surface area contributed by atoms with E-state index in [1.807, 2.05) is 13.1 Å². The summed E-state index contributed by atoms with van der Waals surface area (Å²) >= 11 is 0. The largest absolute Gasteiger partial charge is 0.286 e. The van der Waals surface area contributed by atoms with Gasteiger partial charge < -0.3 is 0 Å². The second kappa shape index (κ2) is 7.45. The Balaban J connectivity index is 3.66. The zero-order valence-corrected chi connectivity index (χ0v) is 12.6. The Morgan fingerprint density at radius 3 is 2.00 bits per heavy atom. The van der Waals surface area contributed by atoms with Gasteiger partial charge >= 0.3 is 0 Å². The third kappa shape index (κ3) is 10.6. The molecule has 0 amide bonds. The van der Waals surface area contributed by atoms with Gasteiger partial charge in [0.1, 0.15) is 0 Å². The molecule has 0 aromatic rings. The van der Waals surface area contributed by atoms with Crippen LogP contribution in [0.25, 0.3) is 0 Å². The number of unbranched alkanes of at least 4 members (excludes halogenated alkanes) is 5. The molecule has 0 saturated heterocycles. The average molecular weight is 266 g/mol. The SMILES string of the molecule is CCCCCCCC[Si](C)(C)CS(=O)(=O)O. The van der Waals surface area contributed by atoms with Gasteiger partial charge in [-0.05, 0) is 0 Å². The van der Waals surface area contributed by atoms with Crippen molar-refractivity contribution < 1.29 is 13.0 Å². The Kier molecular flexibility index (Phi) is 7.51. The molecular weight excluding hydrogens is 240 g/mol. The van der Waals surface area contributed by atoms with Crippen molar-refractivity contribution >= 4 is 18.2 Å². The summed E-state index contributed by atoms with van der Waals surface area (Å²) in [5.74, 6) is 0.